The summed E-state index contributed by atoms with van der Waals surface area (Å²) < 4.78 is 10.6. The molecule has 0 spiro atoms. The molecule has 2 aromatic carbocycles. The molecule has 0 aliphatic heterocycles. The SMILES string of the molecule is COc1ccc(NC(=O)C(C)Oc2ccc(C=O)cc2)cc1. The van der Waals surface area contributed by atoms with Gasteiger partial charge in [-0.25, -0.2) is 0 Å². The number of aldehydes is 1. The van der Waals surface area contributed by atoms with Crippen molar-refractivity contribution in [1.29, 1.82) is 0 Å². The molecule has 0 saturated heterocycles. The van der Waals surface area contributed by atoms with Crippen molar-refractivity contribution in [1.82, 2.24) is 0 Å². The van der Waals surface area contributed by atoms with Crippen molar-refractivity contribution in [3.05, 3.63) is 54.1 Å². The molecular weight excluding hydrogens is 282 g/mol. The standard InChI is InChI=1S/C17H17NO4/c1-12(22-16-7-3-13(11-19)4-8-16)17(20)18-14-5-9-15(21-2)10-6-14/h3-12H,1-2H3,(H,18,20). The number of hydrogen-bond acceptors (Lipinski definition) is 4. The molecule has 0 saturated carbocycles. The Bertz CT molecular complexity index is 635. The zero-order valence-electron chi connectivity index (χ0n) is 12.4. The number of carbonyl (C=O) groups is 2. The van der Waals surface area contributed by atoms with Crippen LogP contribution in [-0.2, 0) is 4.79 Å². The van der Waals surface area contributed by atoms with Crippen molar-refractivity contribution in [2.75, 3.05) is 12.4 Å². The van der Waals surface area contributed by atoms with Crippen LogP contribution in [0.25, 0.3) is 0 Å². The number of ether oxygens (including phenoxy) is 2. The van der Waals surface area contributed by atoms with Gasteiger partial charge in [0.1, 0.15) is 17.8 Å². The van der Waals surface area contributed by atoms with Crippen molar-refractivity contribution in [3.8, 4) is 11.5 Å². The molecule has 1 N–H and O–H groups in total. The number of hydrogen-bond donors (Lipinski definition) is 1. The summed E-state index contributed by atoms with van der Waals surface area (Å²) in [6.45, 7) is 1.66. The average Bonchev–Trinajstić information content (AvgIpc) is 2.56. The predicted octanol–water partition coefficient (Wildman–Crippen LogP) is 2.91. The van der Waals surface area contributed by atoms with Crippen LogP contribution < -0.4 is 14.8 Å². The highest BCUT2D eigenvalue weighted by atomic mass is 16.5. The van der Waals surface area contributed by atoms with Gasteiger partial charge >= 0.3 is 0 Å². The second kappa shape index (κ2) is 7.26. The van der Waals surface area contributed by atoms with Gasteiger partial charge in [0.05, 0.1) is 7.11 Å². The van der Waals surface area contributed by atoms with Crippen LogP contribution in [0.15, 0.2) is 48.5 Å². The summed E-state index contributed by atoms with van der Waals surface area (Å²) in [4.78, 5) is 22.7. The molecule has 2 rings (SSSR count). The molecule has 0 radical (unpaired) electrons. The van der Waals surface area contributed by atoms with Gasteiger partial charge in [0, 0.05) is 11.3 Å². The highest BCUT2D eigenvalue weighted by Gasteiger charge is 2.14. The number of carbonyl (C=O) groups excluding carboxylic acids is 2. The Morgan fingerprint density at radius 3 is 2.18 bits per heavy atom. The Balaban J connectivity index is 1.94. The summed E-state index contributed by atoms with van der Waals surface area (Å²) in [5.74, 6) is 0.991. The van der Waals surface area contributed by atoms with Crippen molar-refractivity contribution >= 4 is 17.9 Å². The van der Waals surface area contributed by atoms with Crippen molar-refractivity contribution in [2.45, 2.75) is 13.0 Å². The Morgan fingerprint density at radius 2 is 1.64 bits per heavy atom. The van der Waals surface area contributed by atoms with E-state index < -0.39 is 6.10 Å². The molecule has 1 unspecified atom stereocenters. The van der Waals surface area contributed by atoms with Crippen LogP contribution in [0.2, 0.25) is 0 Å². The summed E-state index contributed by atoms with van der Waals surface area (Å²) in [5.41, 5.74) is 1.22. The first kappa shape index (κ1) is 15.6. The number of benzene rings is 2. The van der Waals surface area contributed by atoms with Crippen LogP contribution in [0, 0.1) is 0 Å². The molecule has 0 heterocycles. The molecule has 0 aliphatic rings. The second-order valence-corrected chi connectivity index (χ2v) is 4.66. The van der Waals surface area contributed by atoms with Gasteiger partial charge in [-0.3, -0.25) is 9.59 Å². The fourth-order valence-corrected chi connectivity index (χ4v) is 1.80. The topological polar surface area (TPSA) is 64.6 Å². The minimum absolute atomic E-state index is 0.260. The third-order valence-electron chi connectivity index (χ3n) is 3.06. The first-order chi connectivity index (χ1) is 10.6. The van der Waals surface area contributed by atoms with E-state index in [0.29, 0.717) is 17.0 Å². The molecule has 114 valence electrons. The maximum Gasteiger partial charge on any atom is 0.265 e. The Kier molecular flexibility index (Phi) is 5.14. The summed E-state index contributed by atoms with van der Waals surface area (Å²) in [5, 5.41) is 2.76. The highest BCUT2D eigenvalue weighted by Crippen LogP contribution is 2.17. The molecule has 5 heteroatoms. The van der Waals surface area contributed by atoms with Crippen LogP contribution in [0.3, 0.4) is 0 Å². The molecular formula is C17H17NO4. The van der Waals surface area contributed by atoms with E-state index in [1.54, 1.807) is 62.6 Å². The minimum atomic E-state index is -0.663. The third kappa shape index (κ3) is 4.09. The molecule has 22 heavy (non-hydrogen) atoms. The van der Waals surface area contributed by atoms with Crippen LogP contribution in [0.4, 0.5) is 5.69 Å². The average molecular weight is 299 g/mol. The second-order valence-electron chi connectivity index (χ2n) is 4.66. The largest absolute Gasteiger partial charge is 0.497 e. The molecule has 2 aromatic rings. The summed E-state index contributed by atoms with van der Waals surface area (Å²) in [7, 11) is 1.58. The van der Waals surface area contributed by atoms with E-state index in [1.165, 1.54) is 0 Å². The monoisotopic (exact) mass is 299 g/mol. The van der Waals surface area contributed by atoms with Gasteiger partial charge in [0.25, 0.3) is 5.91 Å². The van der Waals surface area contributed by atoms with E-state index in [4.69, 9.17) is 9.47 Å². The fourth-order valence-electron chi connectivity index (χ4n) is 1.80. The van der Waals surface area contributed by atoms with Gasteiger partial charge in [0.15, 0.2) is 6.10 Å². The first-order valence-corrected chi connectivity index (χ1v) is 6.79. The van der Waals surface area contributed by atoms with Gasteiger partial charge < -0.3 is 14.8 Å². The lowest BCUT2D eigenvalue weighted by Gasteiger charge is -2.15. The number of rotatable bonds is 6. The summed E-state index contributed by atoms with van der Waals surface area (Å²) in [6, 6.07) is 13.6. The van der Waals surface area contributed by atoms with E-state index >= 15 is 0 Å². The first-order valence-electron chi connectivity index (χ1n) is 6.79. The van der Waals surface area contributed by atoms with Gasteiger partial charge in [-0.2, -0.15) is 0 Å². The summed E-state index contributed by atoms with van der Waals surface area (Å²) in [6.07, 6.45) is 0.0908. The van der Waals surface area contributed by atoms with E-state index in [1.807, 2.05) is 0 Å². The predicted molar refractivity (Wildman–Crippen MR) is 83.5 cm³/mol. The molecule has 0 fully saturated rings. The zero-order chi connectivity index (χ0) is 15.9. The maximum atomic E-state index is 12.1. The van der Waals surface area contributed by atoms with Crippen LogP contribution >= 0.6 is 0 Å². The Morgan fingerprint density at radius 1 is 1.05 bits per heavy atom. The fraction of sp³-hybridized carbons (Fsp3) is 0.176. The molecule has 1 amide bonds. The van der Waals surface area contributed by atoms with Crippen LogP contribution in [-0.4, -0.2) is 25.4 Å². The zero-order valence-corrected chi connectivity index (χ0v) is 12.4. The lowest BCUT2D eigenvalue weighted by Crippen LogP contribution is -2.30. The number of amides is 1. The van der Waals surface area contributed by atoms with Crippen LogP contribution in [0.1, 0.15) is 17.3 Å². The van der Waals surface area contributed by atoms with Gasteiger partial charge in [0.2, 0.25) is 0 Å². The molecule has 0 aromatic heterocycles. The van der Waals surface area contributed by atoms with Crippen LogP contribution in [0.5, 0.6) is 11.5 Å². The van der Waals surface area contributed by atoms with E-state index in [0.717, 1.165) is 12.0 Å². The van der Waals surface area contributed by atoms with Crippen molar-refractivity contribution < 1.29 is 19.1 Å². The number of nitrogens with one attached hydrogen (secondary N) is 1. The number of methoxy groups -OCH3 is 1. The maximum absolute atomic E-state index is 12.1. The third-order valence-corrected chi connectivity index (χ3v) is 3.06. The van der Waals surface area contributed by atoms with Crippen molar-refractivity contribution in [3.63, 3.8) is 0 Å². The molecule has 0 aliphatic carbocycles. The molecule has 0 bridgehead atoms. The van der Waals surface area contributed by atoms with Gasteiger partial charge in [-0.05, 0) is 55.5 Å². The normalized spacial score (nSPS) is 11.4. The van der Waals surface area contributed by atoms with Crippen molar-refractivity contribution in [2.24, 2.45) is 0 Å². The quantitative estimate of drug-likeness (QED) is 0.833. The molecule has 1 atom stereocenters. The number of anilines is 1. The van der Waals surface area contributed by atoms with Gasteiger partial charge in [-0.1, -0.05) is 0 Å². The summed E-state index contributed by atoms with van der Waals surface area (Å²) >= 11 is 0. The van der Waals surface area contributed by atoms with E-state index in [2.05, 4.69) is 5.32 Å². The lowest BCUT2D eigenvalue weighted by molar-refractivity contribution is -0.122. The smallest absolute Gasteiger partial charge is 0.265 e. The highest BCUT2D eigenvalue weighted by molar-refractivity contribution is 5.94. The Hall–Kier alpha value is -2.82. The van der Waals surface area contributed by atoms with Gasteiger partial charge in [-0.15, -0.1) is 0 Å². The van der Waals surface area contributed by atoms with E-state index in [-0.39, 0.29) is 5.91 Å². The molecule has 5 nitrogen and oxygen atoms in total. The lowest BCUT2D eigenvalue weighted by atomic mass is 10.2. The van der Waals surface area contributed by atoms with E-state index in [9.17, 15) is 9.59 Å². The Labute approximate surface area is 128 Å². The minimum Gasteiger partial charge on any atom is -0.497 e.